The first-order valence-corrected chi connectivity index (χ1v) is 8.72. The van der Waals surface area contributed by atoms with Gasteiger partial charge < -0.3 is 24.6 Å². The first kappa shape index (κ1) is 18.8. The molecule has 2 N–H and O–H groups in total. The lowest BCUT2D eigenvalue weighted by atomic mass is 10.0. The number of aryl methyl sites for hydroxylation is 1. The lowest BCUT2D eigenvalue weighted by molar-refractivity contribution is -0.134. The van der Waals surface area contributed by atoms with E-state index < -0.39 is 5.41 Å². The van der Waals surface area contributed by atoms with Crippen LogP contribution in [0.5, 0.6) is 11.5 Å². The third-order valence-electron chi connectivity index (χ3n) is 4.64. The third-order valence-corrected chi connectivity index (χ3v) is 4.64. The van der Waals surface area contributed by atoms with E-state index in [0.29, 0.717) is 48.9 Å². The van der Waals surface area contributed by atoms with Gasteiger partial charge in [-0.3, -0.25) is 9.59 Å². The molecule has 2 aromatic rings. The molecule has 1 saturated carbocycles. The van der Waals surface area contributed by atoms with Gasteiger partial charge in [0.05, 0.1) is 14.2 Å². The van der Waals surface area contributed by atoms with Crippen LogP contribution < -0.4 is 20.1 Å². The Labute approximate surface area is 157 Å². The van der Waals surface area contributed by atoms with E-state index in [9.17, 15) is 9.59 Å². The van der Waals surface area contributed by atoms with Gasteiger partial charge in [-0.05, 0) is 43.9 Å². The van der Waals surface area contributed by atoms with Gasteiger partial charge in [-0.2, -0.15) is 0 Å². The molecular formula is C19H23N3O5. The Hall–Kier alpha value is -3.03. The van der Waals surface area contributed by atoms with Crippen LogP contribution in [0.1, 0.15) is 24.2 Å². The number of aromatic nitrogens is 1. The van der Waals surface area contributed by atoms with Crippen molar-refractivity contribution in [2.45, 2.75) is 26.2 Å². The van der Waals surface area contributed by atoms with Gasteiger partial charge in [0.2, 0.25) is 11.8 Å². The van der Waals surface area contributed by atoms with E-state index in [1.165, 1.54) is 0 Å². The predicted molar refractivity (Wildman–Crippen MR) is 97.8 cm³/mol. The molecule has 8 nitrogen and oxygen atoms in total. The number of carbonyl (C=O) groups excluding carboxylic acids is 2. The maximum absolute atomic E-state index is 12.5. The zero-order chi connectivity index (χ0) is 19.4. The number of hydrogen-bond acceptors (Lipinski definition) is 6. The van der Waals surface area contributed by atoms with Gasteiger partial charge in [-0.15, -0.1) is 0 Å². The number of ether oxygens (including phenoxy) is 2. The first-order chi connectivity index (χ1) is 13.0. The van der Waals surface area contributed by atoms with Gasteiger partial charge in [-0.25, -0.2) is 0 Å². The highest BCUT2D eigenvalue weighted by molar-refractivity contribution is 6.12. The molecule has 1 heterocycles. The summed E-state index contributed by atoms with van der Waals surface area (Å²) in [5, 5.41) is 9.23. The van der Waals surface area contributed by atoms with Crippen molar-refractivity contribution in [1.82, 2.24) is 10.5 Å². The van der Waals surface area contributed by atoms with Crippen molar-refractivity contribution in [3.63, 3.8) is 0 Å². The van der Waals surface area contributed by atoms with Crippen molar-refractivity contribution in [1.29, 1.82) is 0 Å². The number of nitrogens with one attached hydrogen (secondary N) is 2. The van der Waals surface area contributed by atoms with Crippen molar-refractivity contribution < 1.29 is 23.6 Å². The molecule has 1 aliphatic carbocycles. The molecule has 1 fully saturated rings. The van der Waals surface area contributed by atoms with Gasteiger partial charge in [0.1, 0.15) is 11.2 Å². The van der Waals surface area contributed by atoms with E-state index in [1.54, 1.807) is 27.2 Å². The van der Waals surface area contributed by atoms with Gasteiger partial charge in [-0.1, -0.05) is 11.2 Å². The quantitative estimate of drug-likeness (QED) is 0.687. The van der Waals surface area contributed by atoms with E-state index in [4.69, 9.17) is 14.0 Å². The van der Waals surface area contributed by atoms with Crippen molar-refractivity contribution in [2.75, 3.05) is 26.1 Å². The standard InChI is InChI=1S/C19H23N3O5/c1-12-10-16(22-27-12)21-18(24)19(7-8-19)17(23)20-9-6-13-4-5-14(25-2)15(11-13)26-3/h4-5,10-11H,6-9H2,1-3H3,(H,20,23)(H,21,22,24). The lowest BCUT2D eigenvalue weighted by Gasteiger charge is -2.14. The number of benzene rings is 1. The molecule has 1 aliphatic rings. The molecule has 8 heteroatoms. The zero-order valence-corrected chi connectivity index (χ0v) is 15.6. The lowest BCUT2D eigenvalue weighted by Crippen LogP contribution is -2.40. The van der Waals surface area contributed by atoms with Crippen LogP contribution in [0.2, 0.25) is 0 Å². The highest BCUT2D eigenvalue weighted by Crippen LogP contribution is 2.46. The van der Waals surface area contributed by atoms with E-state index in [-0.39, 0.29) is 11.8 Å². The molecule has 1 aromatic heterocycles. The minimum absolute atomic E-state index is 0.263. The van der Waals surface area contributed by atoms with Crippen LogP contribution in [-0.4, -0.2) is 37.7 Å². The summed E-state index contributed by atoms with van der Waals surface area (Å²) in [5.74, 6) is 1.60. The molecule has 144 valence electrons. The number of nitrogens with zero attached hydrogens (tertiary/aromatic N) is 1. The van der Waals surface area contributed by atoms with Crippen molar-refractivity contribution in [3.8, 4) is 11.5 Å². The number of amides is 2. The maximum Gasteiger partial charge on any atom is 0.241 e. The van der Waals surface area contributed by atoms with Gasteiger partial charge in [0.25, 0.3) is 0 Å². The molecule has 0 atom stereocenters. The summed E-state index contributed by atoms with van der Waals surface area (Å²) < 4.78 is 15.4. The maximum atomic E-state index is 12.5. The van der Waals surface area contributed by atoms with Gasteiger partial charge in [0.15, 0.2) is 17.3 Å². The van der Waals surface area contributed by atoms with Gasteiger partial charge in [0, 0.05) is 12.6 Å². The van der Waals surface area contributed by atoms with Crippen LogP contribution in [0.15, 0.2) is 28.8 Å². The Kier molecular flexibility index (Phi) is 5.34. The molecule has 2 amide bonds. The Morgan fingerprint density at radius 1 is 1.15 bits per heavy atom. The molecule has 27 heavy (non-hydrogen) atoms. The summed E-state index contributed by atoms with van der Waals surface area (Å²) in [6, 6.07) is 7.23. The molecule has 0 unspecified atom stereocenters. The SMILES string of the molecule is COc1ccc(CCNC(=O)C2(C(=O)Nc3cc(C)on3)CC2)cc1OC. The number of anilines is 1. The normalized spacial score (nSPS) is 14.3. The highest BCUT2D eigenvalue weighted by atomic mass is 16.5. The van der Waals surface area contributed by atoms with Crippen LogP contribution in [-0.2, 0) is 16.0 Å². The first-order valence-electron chi connectivity index (χ1n) is 8.72. The molecule has 0 saturated heterocycles. The van der Waals surface area contributed by atoms with Crippen LogP contribution >= 0.6 is 0 Å². The summed E-state index contributed by atoms with van der Waals surface area (Å²) in [4.78, 5) is 25.0. The van der Waals surface area contributed by atoms with E-state index in [1.807, 2.05) is 18.2 Å². The molecule has 0 bridgehead atoms. The van der Waals surface area contributed by atoms with Crippen LogP contribution in [0.4, 0.5) is 5.82 Å². The second-order valence-electron chi connectivity index (χ2n) is 6.55. The number of carbonyl (C=O) groups is 2. The number of rotatable bonds is 8. The fourth-order valence-corrected chi connectivity index (χ4v) is 2.87. The fraction of sp³-hybridized carbons (Fsp3) is 0.421. The molecule has 0 radical (unpaired) electrons. The topological polar surface area (TPSA) is 103 Å². The van der Waals surface area contributed by atoms with Gasteiger partial charge >= 0.3 is 0 Å². The monoisotopic (exact) mass is 373 g/mol. The minimum atomic E-state index is -1.01. The zero-order valence-electron chi connectivity index (χ0n) is 15.6. The number of methoxy groups -OCH3 is 2. The summed E-state index contributed by atoms with van der Waals surface area (Å²) in [6.45, 7) is 2.16. The van der Waals surface area contributed by atoms with E-state index >= 15 is 0 Å². The molecule has 3 rings (SSSR count). The Morgan fingerprint density at radius 2 is 1.89 bits per heavy atom. The summed E-state index contributed by atoms with van der Waals surface area (Å²) >= 11 is 0. The molecule has 0 spiro atoms. The van der Waals surface area contributed by atoms with Crippen LogP contribution in [0.3, 0.4) is 0 Å². The fourth-order valence-electron chi connectivity index (χ4n) is 2.87. The minimum Gasteiger partial charge on any atom is -0.493 e. The average Bonchev–Trinajstić information content (AvgIpc) is 3.39. The van der Waals surface area contributed by atoms with Crippen LogP contribution in [0, 0.1) is 12.3 Å². The molecule has 1 aromatic carbocycles. The predicted octanol–water partition coefficient (Wildman–Crippen LogP) is 2.08. The summed E-state index contributed by atoms with van der Waals surface area (Å²) in [7, 11) is 3.16. The number of hydrogen-bond donors (Lipinski definition) is 2. The Balaban J connectivity index is 1.53. The van der Waals surface area contributed by atoms with Crippen molar-refractivity contribution in [2.24, 2.45) is 5.41 Å². The summed E-state index contributed by atoms with van der Waals surface area (Å²) in [5.41, 5.74) is -0.00917. The Morgan fingerprint density at radius 3 is 2.48 bits per heavy atom. The second kappa shape index (κ2) is 7.69. The summed E-state index contributed by atoms with van der Waals surface area (Å²) in [6.07, 6.45) is 1.67. The van der Waals surface area contributed by atoms with E-state index in [0.717, 1.165) is 5.56 Å². The van der Waals surface area contributed by atoms with E-state index in [2.05, 4.69) is 15.8 Å². The van der Waals surface area contributed by atoms with Crippen molar-refractivity contribution >= 4 is 17.6 Å². The smallest absolute Gasteiger partial charge is 0.241 e. The Bertz CT molecular complexity index is 842. The molecule has 0 aliphatic heterocycles. The highest BCUT2D eigenvalue weighted by Gasteiger charge is 2.56. The molecular weight excluding hydrogens is 350 g/mol. The largest absolute Gasteiger partial charge is 0.493 e. The van der Waals surface area contributed by atoms with Crippen LogP contribution in [0.25, 0.3) is 0 Å². The average molecular weight is 373 g/mol. The second-order valence-corrected chi connectivity index (χ2v) is 6.55. The third kappa shape index (κ3) is 4.05. The van der Waals surface area contributed by atoms with Crippen molar-refractivity contribution in [3.05, 3.63) is 35.6 Å².